The molecule has 160 valence electrons. The van der Waals surface area contributed by atoms with Gasteiger partial charge in [-0.15, -0.1) is 0 Å². The van der Waals surface area contributed by atoms with Crippen molar-refractivity contribution >= 4 is 40.4 Å². The third kappa shape index (κ3) is 3.68. The number of carbonyl (C=O) groups is 1. The van der Waals surface area contributed by atoms with Crippen molar-refractivity contribution in [3.05, 3.63) is 76.9 Å². The fourth-order valence-electron chi connectivity index (χ4n) is 4.34. The quantitative estimate of drug-likeness (QED) is 0.548. The first kappa shape index (κ1) is 21.3. The molecule has 5 nitrogen and oxygen atoms in total. The smallest absolute Gasteiger partial charge is 0.254 e. The summed E-state index contributed by atoms with van der Waals surface area (Å²) in [5.41, 5.74) is 10.5. The summed E-state index contributed by atoms with van der Waals surface area (Å²) in [5, 5.41) is 0.573. The number of anilines is 2. The fraction of sp³-hybridized carbons (Fsp3) is 0.280. The molecule has 6 heteroatoms. The Morgan fingerprint density at radius 1 is 1.10 bits per heavy atom. The summed E-state index contributed by atoms with van der Waals surface area (Å²) >= 11 is 6.47. The van der Waals surface area contributed by atoms with Gasteiger partial charge < -0.3 is 10.6 Å². The zero-order valence-electron chi connectivity index (χ0n) is 18.4. The second-order valence-corrected chi connectivity index (χ2v) is 9.62. The molecule has 1 aromatic heterocycles. The largest absolute Gasteiger partial charge is 0.365 e. The van der Waals surface area contributed by atoms with Crippen LogP contribution in [-0.2, 0) is 5.41 Å². The first-order valence-corrected chi connectivity index (χ1v) is 10.8. The number of nitrogens with two attached hydrogens (primary N) is 1. The van der Waals surface area contributed by atoms with Crippen LogP contribution in [-0.4, -0.2) is 31.0 Å². The highest BCUT2D eigenvalue weighted by atomic mass is 35.5. The Bertz CT molecular complexity index is 1140. The number of para-hydroxylation sites is 1. The molecule has 31 heavy (non-hydrogen) atoms. The Morgan fingerprint density at radius 3 is 2.42 bits per heavy atom. The van der Waals surface area contributed by atoms with E-state index in [0.717, 1.165) is 23.6 Å². The summed E-state index contributed by atoms with van der Waals surface area (Å²) < 4.78 is 0.472. The molecule has 0 radical (unpaired) electrons. The van der Waals surface area contributed by atoms with Gasteiger partial charge in [-0.25, -0.2) is 4.98 Å². The molecule has 0 fully saturated rings. The van der Waals surface area contributed by atoms with Crippen LogP contribution in [0.2, 0.25) is 5.02 Å². The number of rotatable bonds is 3. The van der Waals surface area contributed by atoms with E-state index < -0.39 is 5.91 Å². The molecule has 1 atom stereocenters. The molecule has 2 N–H and O–H groups in total. The van der Waals surface area contributed by atoms with Crippen molar-refractivity contribution in [3.8, 4) is 0 Å². The molecule has 1 aliphatic heterocycles. The van der Waals surface area contributed by atoms with Crippen LogP contribution >= 0.6 is 11.6 Å². The van der Waals surface area contributed by atoms with E-state index in [0.29, 0.717) is 27.4 Å². The summed E-state index contributed by atoms with van der Waals surface area (Å²) in [7, 11) is 2.13. The second kappa shape index (κ2) is 7.66. The number of pyridine rings is 1. The third-order valence-electron chi connectivity index (χ3n) is 6.13. The standard InChI is InChI=1S/C25H27ClN4O/c1-25(2,3)17-10-12-18(13-11-17)30(4)16-15-29(24-20(26)8-6-14-28-24)21-9-5-7-19(22(21)30)23(27)31/h5-14H,15-16H2,1-4H3,(H-,27,31)/p+1. The summed E-state index contributed by atoms with van der Waals surface area (Å²) in [4.78, 5) is 19.0. The van der Waals surface area contributed by atoms with Gasteiger partial charge in [-0.2, -0.15) is 0 Å². The molecule has 1 amide bonds. The molecular formula is C25H28ClN4O+. The Balaban J connectivity index is 1.91. The van der Waals surface area contributed by atoms with E-state index in [2.05, 4.69) is 62.0 Å². The summed E-state index contributed by atoms with van der Waals surface area (Å²) in [6, 6.07) is 18.0. The maximum absolute atomic E-state index is 12.4. The lowest BCUT2D eigenvalue weighted by Gasteiger charge is -2.43. The van der Waals surface area contributed by atoms with Crippen molar-refractivity contribution in [1.82, 2.24) is 9.47 Å². The summed E-state index contributed by atoms with van der Waals surface area (Å²) in [6.07, 6.45) is 1.73. The van der Waals surface area contributed by atoms with Crippen LogP contribution in [0.15, 0.2) is 60.8 Å². The number of likely N-dealkylation sites (N-methyl/N-ethyl adjacent to an activating group) is 1. The number of carbonyl (C=O) groups excluding carboxylic acids is 1. The molecule has 0 saturated heterocycles. The Morgan fingerprint density at radius 2 is 1.81 bits per heavy atom. The molecule has 3 aromatic rings. The Labute approximate surface area is 188 Å². The minimum Gasteiger partial charge on any atom is -0.365 e. The van der Waals surface area contributed by atoms with Gasteiger partial charge in [0.15, 0.2) is 11.5 Å². The topological polar surface area (TPSA) is 59.2 Å². The van der Waals surface area contributed by atoms with Gasteiger partial charge in [-0.3, -0.25) is 9.28 Å². The van der Waals surface area contributed by atoms with Crippen LogP contribution in [0.25, 0.3) is 0 Å². The highest BCUT2D eigenvalue weighted by molar-refractivity contribution is 6.33. The molecule has 1 unspecified atom stereocenters. The number of nitrogens with zero attached hydrogens (tertiary/aromatic N) is 3. The maximum atomic E-state index is 12.4. The SMILES string of the molecule is CC(C)(C)c1ccc([N+]2(C)CCN(c3ncccc3Cl)c3cccc(C(N)=O)c32)cc1. The third-order valence-corrected chi connectivity index (χ3v) is 6.43. The number of quaternary nitrogens is 1. The number of hydrogen-bond acceptors (Lipinski definition) is 3. The van der Waals surface area contributed by atoms with Crippen LogP contribution < -0.4 is 15.1 Å². The van der Waals surface area contributed by atoms with Crippen molar-refractivity contribution in [2.24, 2.45) is 5.73 Å². The zero-order valence-corrected chi connectivity index (χ0v) is 19.1. The Kier molecular flexibility index (Phi) is 5.28. The minimum absolute atomic E-state index is 0.0712. The van der Waals surface area contributed by atoms with Gasteiger partial charge in [0.2, 0.25) is 0 Å². The lowest BCUT2D eigenvalue weighted by molar-refractivity contribution is 0.0999. The van der Waals surface area contributed by atoms with Gasteiger partial charge in [0.1, 0.15) is 23.5 Å². The molecule has 1 aliphatic rings. The van der Waals surface area contributed by atoms with Crippen LogP contribution in [0.4, 0.5) is 22.9 Å². The zero-order chi connectivity index (χ0) is 22.4. The average molecular weight is 436 g/mol. The van der Waals surface area contributed by atoms with Crippen molar-refractivity contribution in [3.63, 3.8) is 0 Å². The lowest BCUT2D eigenvalue weighted by atomic mass is 9.87. The molecule has 2 heterocycles. The van der Waals surface area contributed by atoms with Crippen LogP contribution in [0.3, 0.4) is 0 Å². The maximum Gasteiger partial charge on any atom is 0.254 e. The normalized spacial score (nSPS) is 18.5. The van der Waals surface area contributed by atoms with E-state index in [4.69, 9.17) is 17.3 Å². The second-order valence-electron chi connectivity index (χ2n) is 9.21. The molecule has 2 aromatic carbocycles. The monoisotopic (exact) mass is 435 g/mol. The Hall–Kier alpha value is -2.89. The van der Waals surface area contributed by atoms with Gasteiger partial charge in [-0.05, 0) is 47.4 Å². The number of primary amides is 1. The van der Waals surface area contributed by atoms with E-state index in [-0.39, 0.29) is 5.41 Å². The van der Waals surface area contributed by atoms with Gasteiger partial charge in [0.05, 0.1) is 18.6 Å². The van der Waals surface area contributed by atoms with E-state index in [1.54, 1.807) is 12.3 Å². The van der Waals surface area contributed by atoms with Crippen LogP contribution in [0, 0.1) is 0 Å². The average Bonchev–Trinajstić information content (AvgIpc) is 2.74. The highest BCUT2D eigenvalue weighted by Gasteiger charge is 2.41. The highest BCUT2D eigenvalue weighted by Crippen LogP contribution is 2.48. The van der Waals surface area contributed by atoms with Crippen LogP contribution in [0.5, 0.6) is 0 Å². The number of aromatic nitrogens is 1. The van der Waals surface area contributed by atoms with Crippen LogP contribution in [0.1, 0.15) is 36.7 Å². The van der Waals surface area contributed by atoms with Crippen molar-refractivity contribution in [2.75, 3.05) is 25.0 Å². The summed E-state index contributed by atoms with van der Waals surface area (Å²) in [6.45, 7) is 8.04. The summed E-state index contributed by atoms with van der Waals surface area (Å²) in [5.74, 6) is 0.239. The number of amides is 1. The number of benzene rings is 2. The first-order chi connectivity index (χ1) is 14.6. The van der Waals surface area contributed by atoms with Gasteiger partial charge >= 0.3 is 0 Å². The predicted octanol–water partition coefficient (Wildman–Crippen LogP) is 5.55. The molecule has 0 spiro atoms. The molecule has 0 saturated carbocycles. The van der Waals surface area contributed by atoms with Crippen molar-refractivity contribution in [2.45, 2.75) is 26.2 Å². The van der Waals surface area contributed by atoms with Gasteiger partial charge in [0, 0.05) is 6.20 Å². The fourth-order valence-corrected chi connectivity index (χ4v) is 4.57. The van der Waals surface area contributed by atoms with E-state index in [9.17, 15) is 4.79 Å². The lowest BCUT2D eigenvalue weighted by Crippen LogP contribution is -2.50. The molecule has 0 aliphatic carbocycles. The molecule has 4 rings (SSSR count). The minimum atomic E-state index is -0.443. The number of fused-ring (bicyclic) bond motifs is 1. The first-order valence-electron chi connectivity index (χ1n) is 10.4. The number of hydrogen-bond donors (Lipinski definition) is 1. The van der Waals surface area contributed by atoms with E-state index >= 15 is 0 Å². The number of halogens is 1. The van der Waals surface area contributed by atoms with E-state index in [1.165, 1.54) is 5.56 Å². The molecular weight excluding hydrogens is 408 g/mol. The predicted molar refractivity (Wildman–Crippen MR) is 129 cm³/mol. The van der Waals surface area contributed by atoms with E-state index in [1.807, 2.05) is 24.3 Å². The van der Waals surface area contributed by atoms with Crippen molar-refractivity contribution < 1.29 is 4.79 Å². The molecule has 0 bridgehead atoms. The van der Waals surface area contributed by atoms with Gasteiger partial charge in [-0.1, -0.05) is 50.6 Å². The van der Waals surface area contributed by atoms with Crippen molar-refractivity contribution in [1.29, 1.82) is 0 Å². The van der Waals surface area contributed by atoms with Gasteiger partial charge in [0.25, 0.3) is 5.91 Å².